The van der Waals surface area contributed by atoms with E-state index in [0.29, 0.717) is 28.4 Å². The third-order valence-corrected chi connectivity index (χ3v) is 18.5. The van der Waals surface area contributed by atoms with Gasteiger partial charge in [0.15, 0.2) is 28.8 Å². The molecule has 0 bridgehead atoms. The van der Waals surface area contributed by atoms with Gasteiger partial charge in [-0.3, -0.25) is 33.6 Å². The Morgan fingerprint density at radius 3 is 0.857 bits per heavy atom. The van der Waals surface area contributed by atoms with Crippen molar-refractivity contribution < 1.29 is 135 Å². The van der Waals surface area contributed by atoms with Crippen molar-refractivity contribution in [2.75, 3.05) is 114 Å². The SMILES string of the molecule is CN(C)c1cc(O)c(C(=O)c2ccccc2O)c(C(=O)O)c1.CN(C)c1cc(O)c(C(=O)c2ccccc2O)c(O)c1.CN(C)c1cc(O)c(C(=O)c2ccccc2O)cc1C(=O)O.CN(C)c1cc(O)c(C(=O)c2ccccc2O)cc1O.CN(C)c1ccc(C(=O)c2ccccc2O)c(O)c1O.CN(C)c1ccc(C(=O)c2ccccc2O)c(O)c1OC=O. The van der Waals surface area contributed by atoms with E-state index in [1.807, 2.05) is 0 Å². The topological polar surface area (TPSA) is 526 Å². The largest absolute Gasteiger partial charge is 0.507 e. The third-order valence-electron chi connectivity index (χ3n) is 18.5. The Morgan fingerprint density at radius 1 is 0.230 bits per heavy atom. The molecular formula is C93H90N6O27. The van der Waals surface area contributed by atoms with Gasteiger partial charge in [0.1, 0.15) is 74.6 Å². The fourth-order valence-electron chi connectivity index (χ4n) is 12.0. The second-order valence-corrected chi connectivity index (χ2v) is 28.4. The first-order valence-corrected chi connectivity index (χ1v) is 37.2. The molecule has 0 fully saturated rings. The van der Waals surface area contributed by atoms with Gasteiger partial charge in [-0.25, -0.2) is 9.59 Å². The minimum atomic E-state index is -1.34. The number of nitrogens with zero attached hydrogens (tertiary/aromatic N) is 6. The summed E-state index contributed by atoms with van der Waals surface area (Å²) in [6.07, 6.45) is 0. The van der Waals surface area contributed by atoms with E-state index >= 15 is 0 Å². The van der Waals surface area contributed by atoms with E-state index in [1.54, 1.807) is 188 Å². The number of hydrogen-bond acceptors (Lipinski definition) is 31. The molecule has 0 spiro atoms. The lowest BCUT2D eigenvalue weighted by Gasteiger charge is -2.18. The number of carboxylic acids is 2. The Balaban J connectivity index is 0.000000208. The molecule has 0 aliphatic heterocycles. The number of aromatic hydroxyl groups is 15. The Kier molecular flexibility index (Phi) is 32.2. The highest BCUT2D eigenvalue weighted by Crippen LogP contribution is 2.44. The summed E-state index contributed by atoms with van der Waals surface area (Å²) in [4.78, 5) is 117. The zero-order chi connectivity index (χ0) is 93.7. The van der Waals surface area contributed by atoms with Crippen molar-refractivity contribution in [3.8, 4) is 92.0 Å². The van der Waals surface area contributed by atoms with Gasteiger partial charge in [0.05, 0.1) is 95.1 Å². The Bertz CT molecular complexity index is 6040. The first-order valence-electron chi connectivity index (χ1n) is 37.2. The van der Waals surface area contributed by atoms with Crippen LogP contribution in [-0.4, -0.2) is 224 Å². The Labute approximate surface area is 720 Å². The number of phenols is 15. The zero-order valence-corrected chi connectivity index (χ0v) is 69.7. The maximum absolute atomic E-state index is 12.5. The highest BCUT2D eigenvalue weighted by atomic mass is 16.5. The smallest absolute Gasteiger partial charge is 0.337 e. The second kappa shape index (κ2) is 42.2. The number of carbonyl (C=O) groups excluding carboxylic acids is 7. The third kappa shape index (κ3) is 22.7. The van der Waals surface area contributed by atoms with E-state index in [4.69, 9.17) is 4.74 Å². The molecule has 12 aromatic rings. The summed E-state index contributed by atoms with van der Waals surface area (Å²) in [7, 11) is 20.4. The first-order chi connectivity index (χ1) is 59.4. The van der Waals surface area contributed by atoms with E-state index in [0.717, 1.165) is 6.07 Å². The van der Waals surface area contributed by atoms with Gasteiger partial charge < -0.3 is 121 Å². The summed E-state index contributed by atoms with van der Waals surface area (Å²) < 4.78 is 4.80. The average Bonchev–Trinajstić information content (AvgIpc) is 0.826. The zero-order valence-electron chi connectivity index (χ0n) is 69.7. The normalized spacial score (nSPS) is 10.3. The first kappa shape index (κ1) is 96.0. The van der Waals surface area contributed by atoms with Crippen LogP contribution < -0.4 is 34.1 Å². The van der Waals surface area contributed by atoms with Crippen LogP contribution in [0.5, 0.6) is 92.0 Å². The van der Waals surface area contributed by atoms with Gasteiger partial charge >= 0.3 is 11.9 Å². The standard InChI is InChI=1S/3C16H15NO5.3C15H15NO4/c1-17(2)9-7-11(16(21)22)14(13(19)8-9)15(20)10-5-3-4-6-12(10)18;1-17(2)12-8-14(19)11(7-10(12)16(21)22)15(20)9-5-3-4-6-13(9)18;1-17(2)12-8-7-11(15(21)16(12)22-9-18)14(20)10-5-3-4-6-13(10)19;1-16(2)9-7-12(18)14(13(19)8-9)15(20)10-5-3-4-6-11(10)17;1-16(2)11-8-13(18)10(7-14(11)19)15(20)9-5-3-4-6-12(9)17;1-16(2)11-8-7-10(14(19)15(11)20)13(18)9-5-3-4-6-12(9)17/h2*3-8,18-19H,1-2H3,(H,21,22);3-9,19,21H,1-2H3;2*3-8,17-19H,1-2H3;3-8,17,19-20H,1-2H3. The molecule has 654 valence electrons. The van der Waals surface area contributed by atoms with Gasteiger partial charge in [-0.15, -0.1) is 0 Å². The van der Waals surface area contributed by atoms with Crippen molar-refractivity contribution in [1.29, 1.82) is 0 Å². The fraction of sp³-hybridized carbons (Fsp3) is 0.129. The lowest BCUT2D eigenvalue weighted by Crippen LogP contribution is -2.15. The van der Waals surface area contributed by atoms with Crippen LogP contribution >= 0.6 is 0 Å². The summed E-state index contributed by atoms with van der Waals surface area (Å²) in [5, 5.41) is 167. The fourth-order valence-corrected chi connectivity index (χ4v) is 12.0. The van der Waals surface area contributed by atoms with Crippen LogP contribution in [0.1, 0.15) is 116 Å². The van der Waals surface area contributed by atoms with Gasteiger partial charge in [0, 0.05) is 126 Å². The van der Waals surface area contributed by atoms with E-state index < -0.39 is 63.9 Å². The maximum atomic E-state index is 12.5. The van der Waals surface area contributed by atoms with E-state index in [-0.39, 0.29) is 165 Å². The van der Waals surface area contributed by atoms with Crippen molar-refractivity contribution >= 4 is 87.2 Å². The molecule has 0 aliphatic rings. The molecule has 126 heavy (non-hydrogen) atoms. The molecule has 0 saturated heterocycles. The minimum absolute atomic E-state index is 0.00765. The van der Waals surface area contributed by atoms with E-state index in [1.165, 1.54) is 138 Å². The number of carbonyl (C=O) groups is 9. The molecule has 0 aliphatic carbocycles. The van der Waals surface area contributed by atoms with Crippen LogP contribution in [0.25, 0.3) is 0 Å². The summed E-state index contributed by atoms with van der Waals surface area (Å²) in [6.45, 7) is 0.177. The molecule has 12 aromatic carbocycles. The summed E-state index contributed by atoms with van der Waals surface area (Å²) in [5.41, 5.74) is 1.29. The number of carboxylic acid groups (broad SMARTS) is 2. The monoisotopic (exact) mass is 1720 g/mol. The molecule has 33 nitrogen and oxygen atoms in total. The second-order valence-electron chi connectivity index (χ2n) is 28.4. The molecular weight excluding hydrogens is 1630 g/mol. The number of rotatable bonds is 22. The van der Waals surface area contributed by atoms with Crippen molar-refractivity contribution in [3.63, 3.8) is 0 Å². The van der Waals surface area contributed by atoms with Crippen LogP contribution in [0.2, 0.25) is 0 Å². The van der Waals surface area contributed by atoms with Gasteiger partial charge in [-0.2, -0.15) is 0 Å². The molecule has 0 unspecified atom stereocenters. The highest BCUT2D eigenvalue weighted by Gasteiger charge is 2.30. The van der Waals surface area contributed by atoms with E-state index in [9.17, 15) is 130 Å². The molecule has 33 heteroatoms. The predicted octanol–water partition coefficient (Wildman–Crippen LogP) is 12.4. The molecule has 0 radical (unpaired) electrons. The molecule has 12 rings (SSSR count). The number of phenolic OH excluding ortho intramolecular Hbond substituents is 15. The van der Waals surface area contributed by atoms with Gasteiger partial charge in [0.25, 0.3) is 6.47 Å². The van der Waals surface area contributed by atoms with Crippen LogP contribution in [0.3, 0.4) is 0 Å². The van der Waals surface area contributed by atoms with E-state index in [2.05, 4.69) is 0 Å². The summed E-state index contributed by atoms with van der Waals surface area (Å²) >= 11 is 0. The van der Waals surface area contributed by atoms with Crippen molar-refractivity contribution in [2.24, 2.45) is 0 Å². The Hall–Kier alpha value is -17.1. The van der Waals surface area contributed by atoms with Crippen molar-refractivity contribution in [2.45, 2.75) is 0 Å². The molecule has 0 amide bonds. The van der Waals surface area contributed by atoms with Crippen LogP contribution in [0.15, 0.2) is 218 Å². The molecule has 0 atom stereocenters. The number of ketones is 6. The number of benzene rings is 12. The number of anilines is 6. The summed E-state index contributed by atoms with van der Waals surface area (Å²) in [6, 6.07) is 51.8. The van der Waals surface area contributed by atoms with Crippen molar-refractivity contribution in [1.82, 2.24) is 0 Å². The van der Waals surface area contributed by atoms with Crippen molar-refractivity contribution in [3.05, 3.63) is 296 Å². The van der Waals surface area contributed by atoms with Crippen LogP contribution in [0.4, 0.5) is 34.1 Å². The molecule has 0 saturated carbocycles. The summed E-state index contributed by atoms with van der Waals surface area (Å²) in [5.74, 6) is -10.8. The van der Waals surface area contributed by atoms with Gasteiger partial charge in [-0.05, 0) is 115 Å². The van der Waals surface area contributed by atoms with Crippen LogP contribution in [0, 0.1) is 0 Å². The van der Waals surface area contributed by atoms with Gasteiger partial charge in [-0.1, -0.05) is 72.8 Å². The number of para-hydroxylation sites is 6. The van der Waals surface area contributed by atoms with Gasteiger partial charge in [0.2, 0.25) is 28.9 Å². The number of hydrogen-bond donors (Lipinski definition) is 17. The quantitative estimate of drug-likeness (QED) is 0.0130. The maximum Gasteiger partial charge on any atom is 0.337 e. The molecule has 17 N–H and O–H groups in total. The highest BCUT2D eigenvalue weighted by molar-refractivity contribution is 6.19. The van der Waals surface area contributed by atoms with Crippen LogP contribution in [-0.2, 0) is 4.79 Å². The molecule has 0 aromatic heterocycles. The lowest BCUT2D eigenvalue weighted by molar-refractivity contribution is -0.120. The molecule has 0 heterocycles. The number of ether oxygens (including phenoxy) is 1. The lowest BCUT2D eigenvalue weighted by atomic mass is 9.96. The predicted molar refractivity (Wildman–Crippen MR) is 469 cm³/mol. The Morgan fingerprint density at radius 2 is 0.524 bits per heavy atom. The average molecular weight is 1720 g/mol. The minimum Gasteiger partial charge on any atom is -0.507 e. The number of aromatic carboxylic acids is 2.